The van der Waals surface area contributed by atoms with Gasteiger partial charge in [0.2, 0.25) is 11.8 Å². The van der Waals surface area contributed by atoms with E-state index in [-0.39, 0.29) is 17.9 Å². The Morgan fingerprint density at radius 3 is 2.41 bits per heavy atom. The molecule has 5 rings (SSSR count). The number of carbonyl (C=O) groups excluding carboxylic acids is 2. The first-order valence-corrected chi connectivity index (χ1v) is 12.4. The van der Waals surface area contributed by atoms with Crippen LogP contribution in [0.5, 0.6) is 0 Å². The van der Waals surface area contributed by atoms with E-state index in [0.29, 0.717) is 24.6 Å². The maximum atomic E-state index is 13.9. The highest BCUT2D eigenvalue weighted by atomic mass is 16.2. The van der Waals surface area contributed by atoms with Gasteiger partial charge in [-0.25, -0.2) is 9.97 Å². The van der Waals surface area contributed by atoms with Gasteiger partial charge in [0.15, 0.2) is 0 Å². The molecule has 1 aromatic heterocycles. The fraction of sp³-hybridized carbons (Fsp3) is 0.538. The van der Waals surface area contributed by atoms with Gasteiger partial charge < -0.3 is 20.4 Å². The lowest BCUT2D eigenvalue weighted by Gasteiger charge is -2.39. The number of aryl methyl sites for hydroxylation is 1. The van der Waals surface area contributed by atoms with E-state index in [1.54, 1.807) is 18.5 Å². The van der Waals surface area contributed by atoms with E-state index in [9.17, 15) is 9.59 Å². The van der Waals surface area contributed by atoms with Crippen LogP contribution in [0.2, 0.25) is 0 Å². The number of fused-ring (bicyclic) bond motifs is 1. The Bertz CT molecular complexity index is 1060. The van der Waals surface area contributed by atoms with E-state index < -0.39 is 5.91 Å². The van der Waals surface area contributed by atoms with Crippen molar-refractivity contribution in [3.05, 3.63) is 53.0 Å². The van der Waals surface area contributed by atoms with E-state index in [1.807, 2.05) is 17.0 Å². The minimum absolute atomic E-state index is 0.163. The van der Waals surface area contributed by atoms with Gasteiger partial charge in [-0.2, -0.15) is 0 Å². The van der Waals surface area contributed by atoms with Crippen LogP contribution >= 0.6 is 0 Å². The highest BCUT2D eigenvalue weighted by Gasteiger charge is 2.39. The molecular formula is C26H34N6O2. The Balaban J connectivity index is 1.34. The van der Waals surface area contributed by atoms with Crippen molar-refractivity contribution < 1.29 is 9.59 Å². The van der Waals surface area contributed by atoms with Crippen molar-refractivity contribution in [3.8, 4) is 0 Å². The summed E-state index contributed by atoms with van der Waals surface area (Å²) in [6, 6.07) is 7.44. The van der Waals surface area contributed by atoms with Crippen LogP contribution in [-0.2, 0) is 11.2 Å². The van der Waals surface area contributed by atoms with Crippen LogP contribution in [0.15, 0.2) is 30.6 Å². The number of likely N-dealkylation sites (N-methyl/N-ethyl adjacent to an activating group) is 1. The lowest BCUT2D eigenvalue weighted by molar-refractivity contribution is -0.134. The number of nitrogens with zero attached hydrogens (tertiary/aromatic N) is 5. The normalized spacial score (nSPS) is 23.7. The zero-order valence-corrected chi connectivity index (χ0v) is 20.1. The molecule has 3 aliphatic rings. The third-order valence-electron chi connectivity index (χ3n) is 7.93. The lowest BCUT2D eigenvalue weighted by atomic mass is 9.87. The predicted molar refractivity (Wildman–Crippen MR) is 131 cm³/mol. The zero-order chi connectivity index (χ0) is 23.8. The maximum Gasteiger partial charge on any atom is 0.248 e. The Labute approximate surface area is 201 Å². The summed E-state index contributed by atoms with van der Waals surface area (Å²) in [5, 5.41) is 0. The monoisotopic (exact) mass is 462 g/mol. The van der Waals surface area contributed by atoms with Crippen molar-refractivity contribution in [2.24, 2.45) is 5.73 Å². The van der Waals surface area contributed by atoms with Crippen molar-refractivity contribution in [3.63, 3.8) is 0 Å². The summed E-state index contributed by atoms with van der Waals surface area (Å²) < 4.78 is 0. The van der Waals surface area contributed by atoms with E-state index >= 15 is 0 Å². The Morgan fingerprint density at radius 2 is 1.76 bits per heavy atom. The lowest BCUT2D eigenvalue weighted by Crippen LogP contribution is -2.52. The number of amides is 2. The zero-order valence-electron chi connectivity index (χ0n) is 20.1. The van der Waals surface area contributed by atoms with Crippen molar-refractivity contribution in [1.29, 1.82) is 0 Å². The number of piperazine rings is 1. The van der Waals surface area contributed by atoms with Gasteiger partial charge in [0.05, 0.1) is 5.92 Å². The van der Waals surface area contributed by atoms with Crippen LogP contribution in [0.4, 0.5) is 5.82 Å². The number of anilines is 1. The number of hydrogen-bond donors (Lipinski definition) is 1. The number of nitrogens with two attached hydrogens (primary N) is 1. The number of carbonyl (C=O) groups is 2. The SMILES string of the molecule is C[C@@H]1CCc2ncnc(N3CCN(C(=O)[C@@H](c4ccc(C(N)=O)cc4)[C@@H]4CCCN4C)CC3)c21. The standard InChI is InChI=1S/C26H34N6O2/c1-17-5-10-20-22(17)25(29-16-28-20)31-12-14-32(15-13-31)26(34)23(21-4-3-11-30(21)2)18-6-8-19(9-7-18)24(27)33/h6-9,16-17,21,23H,3-5,10-15H2,1-2H3,(H2,27,33)/t17-,21+,23+/m1/s1. The molecule has 0 bridgehead atoms. The molecule has 0 saturated carbocycles. The second-order valence-electron chi connectivity index (χ2n) is 9.96. The second-order valence-corrected chi connectivity index (χ2v) is 9.96. The van der Waals surface area contributed by atoms with E-state index in [4.69, 9.17) is 5.73 Å². The third kappa shape index (κ3) is 4.15. The summed E-state index contributed by atoms with van der Waals surface area (Å²) >= 11 is 0. The highest BCUT2D eigenvalue weighted by Crippen LogP contribution is 2.38. The van der Waals surface area contributed by atoms with Crippen LogP contribution in [0.1, 0.15) is 65.2 Å². The molecule has 8 heteroatoms. The Morgan fingerprint density at radius 1 is 1.03 bits per heavy atom. The molecule has 0 radical (unpaired) electrons. The van der Waals surface area contributed by atoms with E-state index in [2.05, 4.69) is 33.7 Å². The molecule has 2 aliphatic heterocycles. The van der Waals surface area contributed by atoms with Crippen molar-refractivity contribution in [2.75, 3.05) is 44.7 Å². The third-order valence-corrected chi connectivity index (χ3v) is 7.93. The van der Waals surface area contributed by atoms with Crippen LogP contribution in [0.3, 0.4) is 0 Å². The molecule has 2 fully saturated rings. The van der Waals surface area contributed by atoms with Gasteiger partial charge in [0.1, 0.15) is 12.1 Å². The fourth-order valence-corrected chi connectivity index (χ4v) is 5.95. The molecule has 0 unspecified atom stereocenters. The van der Waals surface area contributed by atoms with Crippen LogP contribution in [-0.4, -0.2) is 77.4 Å². The van der Waals surface area contributed by atoms with Gasteiger partial charge >= 0.3 is 0 Å². The van der Waals surface area contributed by atoms with Gasteiger partial charge in [-0.1, -0.05) is 19.1 Å². The number of likely N-dealkylation sites (tertiary alicyclic amines) is 1. The largest absolute Gasteiger partial charge is 0.366 e. The smallest absolute Gasteiger partial charge is 0.248 e. The molecule has 0 spiro atoms. The molecule has 1 aromatic carbocycles. The first-order valence-electron chi connectivity index (χ1n) is 12.4. The molecule has 3 atom stereocenters. The number of benzene rings is 1. The van der Waals surface area contributed by atoms with Gasteiger partial charge in [-0.15, -0.1) is 0 Å². The summed E-state index contributed by atoms with van der Waals surface area (Å²) in [6.45, 7) is 6.16. The number of rotatable bonds is 5. The molecule has 180 valence electrons. The summed E-state index contributed by atoms with van der Waals surface area (Å²) in [5.74, 6) is 1.01. The number of primary amides is 1. The minimum Gasteiger partial charge on any atom is -0.366 e. The predicted octanol–water partition coefficient (Wildman–Crippen LogP) is 2.15. The quantitative estimate of drug-likeness (QED) is 0.732. The molecule has 1 aliphatic carbocycles. The van der Waals surface area contributed by atoms with Gasteiger partial charge in [0.25, 0.3) is 0 Å². The summed E-state index contributed by atoms with van der Waals surface area (Å²) in [6.07, 6.45) is 5.93. The summed E-state index contributed by atoms with van der Waals surface area (Å²) in [7, 11) is 2.10. The number of hydrogen-bond acceptors (Lipinski definition) is 6. The van der Waals surface area contributed by atoms with Crippen LogP contribution in [0.25, 0.3) is 0 Å². The molecule has 2 amide bonds. The second kappa shape index (κ2) is 9.33. The Hall–Kier alpha value is -3.00. The van der Waals surface area contributed by atoms with Gasteiger partial charge in [0, 0.05) is 49.0 Å². The maximum absolute atomic E-state index is 13.9. The fourth-order valence-electron chi connectivity index (χ4n) is 5.95. The van der Waals surface area contributed by atoms with Crippen LogP contribution in [0, 0.1) is 0 Å². The van der Waals surface area contributed by atoms with E-state index in [1.165, 1.54) is 11.3 Å². The van der Waals surface area contributed by atoms with Gasteiger partial charge in [-0.3, -0.25) is 9.59 Å². The van der Waals surface area contributed by atoms with Crippen molar-refractivity contribution in [2.45, 2.75) is 50.5 Å². The molecule has 2 N–H and O–H groups in total. The molecule has 2 saturated heterocycles. The van der Waals surface area contributed by atoms with Crippen molar-refractivity contribution >= 4 is 17.6 Å². The van der Waals surface area contributed by atoms with E-state index in [0.717, 1.165) is 56.7 Å². The Kier molecular flexibility index (Phi) is 6.25. The molecule has 2 aromatic rings. The molecule has 34 heavy (non-hydrogen) atoms. The summed E-state index contributed by atoms with van der Waals surface area (Å²) in [5.41, 5.74) is 9.33. The summed E-state index contributed by atoms with van der Waals surface area (Å²) in [4.78, 5) is 41.2. The molecular weight excluding hydrogens is 428 g/mol. The topological polar surface area (TPSA) is 95.7 Å². The first-order chi connectivity index (χ1) is 16.4. The van der Waals surface area contributed by atoms with Gasteiger partial charge in [-0.05, 0) is 62.9 Å². The average molecular weight is 463 g/mol. The molecule has 8 nitrogen and oxygen atoms in total. The number of aromatic nitrogens is 2. The average Bonchev–Trinajstić information content (AvgIpc) is 3.45. The first kappa shape index (κ1) is 22.8. The minimum atomic E-state index is -0.450. The van der Waals surface area contributed by atoms with Crippen molar-refractivity contribution in [1.82, 2.24) is 19.8 Å². The highest BCUT2D eigenvalue weighted by molar-refractivity contribution is 5.93. The van der Waals surface area contributed by atoms with Crippen LogP contribution < -0.4 is 10.6 Å². The molecule has 3 heterocycles.